The minimum absolute atomic E-state index is 0.0706. The second-order valence-electron chi connectivity index (χ2n) is 9.16. The normalized spacial score (nSPS) is 20.5. The van der Waals surface area contributed by atoms with Crippen molar-refractivity contribution in [2.24, 2.45) is 0 Å². The minimum Gasteiger partial charge on any atom is -0.478 e. The average Bonchev–Trinajstić information content (AvgIpc) is 3.16. The molecule has 5 nitrogen and oxygen atoms in total. The van der Waals surface area contributed by atoms with Gasteiger partial charge in [-0.2, -0.15) is 0 Å². The number of H-pyrrole nitrogens is 1. The molecule has 2 aromatic carbocycles. The fourth-order valence-electron chi connectivity index (χ4n) is 5.20. The first-order valence-electron chi connectivity index (χ1n) is 11.7. The standard InChI is InChI=1S/C26H28F2N2O3/c27-18-10-11-22-20(14-18)17(15-29-22)5-1-2-12-30(19-7-4-8-19)23-13-16-6-3-9-21(28)24(16)33-25(23)26(31)32/h3,6,9-11,14-15,19,23,25,29H,1-2,4-5,7-8,12-13H2,(H,31,32)/t23-,25?/m1/s1. The van der Waals surface area contributed by atoms with E-state index in [1.54, 1.807) is 18.2 Å². The average molecular weight is 455 g/mol. The number of aromatic amines is 1. The Hall–Kier alpha value is -2.93. The number of carboxylic acid groups (broad SMARTS) is 1. The fraction of sp³-hybridized carbons (Fsp3) is 0.423. The Balaban J connectivity index is 1.29. The van der Waals surface area contributed by atoms with Crippen LogP contribution in [0.2, 0.25) is 0 Å². The summed E-state index contributed by atoms with van der Waals surface area (Å²) in [5.41, 5.74) is 2.74. The summed E-state index contributed by atoms with van der Waals surface area (Å²) in [6.07, 6.45) is 7.14. The second-order valence-corrected chi connectivity index (χ2v) is 9.16. The summed E-state index contributed by atoms with van der Waals surface area (Å²) in [5, 5.41) is 10.8. The van der Waals surface area contributed by atoms with Gasteiger partial charge < -0.3 is 14.8 Å². The molecule has 2 atom stereocenters. The van der Waals surface area contributed by atoms with Crippen LogP contribution in [0, 0.1) is 11.6 Å². The van der Waals surface area contributed by atoms with Crippen LogP contribution in [-0.4, -0.2) is 45.7 Å². The van der Waals surface area contributed by atoms with E-state index in [1.807, 2.05) is 12.3 Å². The Morgan fingerprint density at radius 2 is 2.03 bits per heavy atom. The third kappa shape index (κ3) is 4.34. The van der Waals surface area contributed by atoms with Crippen LogP contribution < -0.4 is 4.74 Å². The molecule has 1 fully saturated rings. The van der Waals surface area contributed by atoms with Gasteiger partial charge in [-0.3, -0.25) is 4.90 Å². The number of carboxylic acids is 1. The van der Waals surface area contributed by atoms with Crippen molar-refractivity contribution >= 4 is 16.9 Å². The molecule has 174 valence electrons. The van der Waals surface area contributed by atoms with Crippen LogP contribution in [0.3, 0.4) is 0 Å². The lowest BCUT2D eigenvalue weighted by atomic mass is 9.86. The molecular formula is C26H28F2N2O3. The van der Waals surface area contributed by atoms with Crippen LogP contribution >= 0.6 is 0 Å². The van der Waals surface area contributed by atoms with Crippen molar-refractivity contribution in [2.45, 2.75) is 63.1 Å². The molecule has 1 saturated carbocycles. The summed E-state index contributed by atoms with van der Waals surface area (Å²) in [7, 11) is 0. The number of halogens is 2. The van der Waals surface area contributed by atoms with E-state index in [0.29, 0.717) is 12.5 Å². The summed E-state index contributed by atoms with van der Waals surface area (Å²) in [5.74, 6) is -1.74. The Kier molecular flexibility index (Phi) is 6.06. The quantitative estimate of drug-likeness (QED) is 0.466. The summed E-state index contributed by atoms with van der Waals surface area (Å²) in [4.78, 5) is 17.5. The highest BCUT2D eigenvalue weighted by Gasteiger charge is 2.43. The van der Waals surface area contributed by atoms with E-state index in [4.69, 9.17) is 4.74 Å². The maximum absolute atomic E-state index is 14.2. The molecule has 2 aliphatic rings. The van der Waals surface area contributed by atoms with Crippen LogP contribution in [-0.2, 0) is 17.6 Å². The van der Waals surface area contributed by atoms with Gasteiger partial charge >= 0.3 is 5.97 Å². The molecule has 5 rings (SSSR count). The SMILES string of the molecule is O=C(O)C1Oc2c(F)cccc2C[C@H]1N(CCCCc1c[nH]c2ccc(F)cc12)C1CCC1. The number of carbonyl (C=O) groups is 1. The lowest BCUT2D eigenvalue weighted by Gasteiger charge is -2.46. The number of unbranched alkanes of at least 4 members (excludes halogenated alkanes) is 1. The summed E-state index contributed by atoms with van der Waals surface area (Å²) in [6.45, 7) is 0.754. The van der Waals surface area contributed by atoms with Gasteiger partial charge in [0.25, 0.3) is 0 Å². The molecule has 0 amide bonds. The molecule has 0 saturated heterocycles. The van der Waals surface area contributed by atoms with Gasteiger partial charge in [0.1, 0.15) is 5.82 Å². The topological polar surface area (TPSA) is 65.6 Å². The Labute approximate surface area is 191 Å². The van der Waals surface area contributed by atoms with Crippen molar-refractivity contribution in [3.8, 4) is 5.75 Å². The van der Waals surface area contributed by atoms with E-state index in [2.05, 4.69) is 9.88 Å². The second kappa shape index (κ2) is 9.14. The van der Waals surface area contributed by atoms with Gasteiger partial charge in [-0.05, 0) is 80.5 Å². The van der Waals surface area contributed by atoms with Gasteiger partial charge in [0, 0.05) is 23.1 Å². The molecule has 33 heavy (non-hydrogen) atoms. The van der Waals surface area contributed by atoms with Gasteiger partial charge in [0.2, 0.25) is 6.10 Å². The summed E-state index contributed by atoms with van der Waals surface area (Å²) < 4.78 is 33.6. The Morgan fingerprint density at radius 1 is 1.18 bits per heavy atom. The van der Waals surface area contributed by atoms with Crippen molar-refractivity contribution in [1.82, 2.24) is 9.88 Å². The zero-order valence-electron chi connectivity index (χ0n) is 18.4. The number of hydrogen-bond donors (Lipinski definition) is 2. The van der Waals surface area contributed by atoms with Crippen LogP contribution in [0.4, 0.5) is 8.78 Å². The number of nitrogens with one attached hydrogen (secondary N) is 1. The van der Waals surface area contributed by atoms with Crippen LogP contribution in [0.25, 0.3) is 10.9 Å². The number of aromatic nitrogens is 1. The highest BCUT2D eigenvalue weighted by molar-refractivity contribution is 5.83. The number of aliphatic carboxylic acids is 1. The zero-order valence-corrected chi connectivity index (χ0v) is 18.4. The van der Waals surface area contributed by atoms with Gasteiger partial charge in [-0.1, -0.05) is 18.6 Å². The van der Waals surface area contributed by atoms with Crippen molar-refractivity contribution in [2.75, 3.05) is 6.54 Å². The largest absolute Gasteiger partial charge is 0.478 e. The van der Waals surface area contributed by atoms with Crippen molar-refractivity contribution in [3.05, 3.63) is 65.4 Å². The van der Waals surface area contributed by atoms with E-state index >= 15 is 0 Å². The van der Waals surface area contributed by atoms with Crippen LogP contribution in [0.15, 0.2) is 42.6 Å². The molecule has 1 aliphatic carbocycles. The first kappa shape index (κ1) is 21.9. The minimum atomic E-state index is -1.09. The summed E-state index contributed by atoms with van der Waals surface area (Å²) >= 11 is 0. The first-order chi connectivity index (χ1) is 16.0. The van der Waals surface area contributed by atoms with Gasteiger partial charge in [-0.25, -0.2) is 13.6 Å². The van der Waals surface area contributed by atoms with E-state index < -0.39 is 17.9 Å². The number of para-hydroxylation sites is 1. The maximum atomic E-state index is 14.2. The zero-order chi connectivity index (χ0) is 22.9. The summed E-state index contributed by atoms with van der Waals surface area (Å²) in [6, 6.07) is 9.54. The van der Waals surface area contributed by atoms with E-state index in [0.717, 1.165) is 67.1 Å². The highest BCUT2D eigenvalue weighted by atomic mass is 19.1. The fourth-order valence-corrected chi connectivity index (χ4v) is 5.20. The number of aryl methyl sites for hydroxylation is 1. The van der Waals surface area contributed by atoms with Gasteiger partial charge in [0.05, 0.1) is 6.04 Å². The van der Waals surface area contributed by atoms with E-state index in [-0.39, 0.29) is 17.6 Å². The Morgan fingerprint density at radius 3 is 2.79 bits per heavy atom. The lowest BCUT2D eigenvalue weighted by Crippen LogP contribution is -2.58. The highest BCUT2D eigenvalue weighted by Crippen LogP contribution is 2.36. The predicted molar refractivity (Wildman–Crippen MR) is 121 cm³/mol. The molecule has 0 spiro atoms. The number of nitrogens with zero attached hydrogens (tertiary/aromatic N) is 1. The molecule has 0 radical (unpaired) electrons. The van der Waals surface area contributed by atoms with Crippen molar-refractivity contribution in [1.29, 1.82) is 0 Å². The number of hydrogen-bond acceptors (Lipinski definition) is 3. The molecule has 1 aromatic heterocycles. The molecule has 3 aromatic rings. The van der Waals surface area contributed by atoms with E-state index in [1.165, 1.54) is 12.1 Å². The van der Waals surface area contributed by atoms with E-state index in [9.17, 15) is 18.7 Å². The number of rotatable bonds is 8. The smallest absolute Gasteiger partial charge is 0.346 e. The number of benzene rings is 2. The maximum Gasteiger partial charge on any atom is 0.346 e. The molecule has 2 N–H and O–H groups in total. The van der Waals surface area contributed by atoms with Gasteiger partial charge in [-0.15, -0.1) is 0 Å². The molecular weight excluding hydrogens is 426 g/mol. The third-order valence-electron chi connectivity index (χ3n) is 7.13. The Bertz CT molecular complexity index is 1160. The number of fused-ring (bicyclic) bond motifs is 2. The van der Waals surface area contributed by atoms with Crippen molar-refractivity contribution in [3.63, 3.8) is 0 Å². The number of ether oxygens (including phenoxy) is 1. The molecule has 1 aliphatic heterocycles. The first-order valence-corrected chi connectivity index (χ1v) is 11.7. The molecule has 7 heteroatoms. The predicted octanol–water partition coefficient (Wildman–Crippen LogP) is 5.08. The van der Waals surface area contributed by atoms with Gasteiger partial charge in [0.15, 0.2) is 11.6 Å². The van der Waals surface area contributed by atoms with Crippen molar-refractivity contribution < 1.29 is 23.4 Å². The molecule has 2 heterocycles. The monoisotopic (exact) mass is 454 g/mol. The molecule has 1 unspecified atom stereocenters. The lowest BCUT2D eigenvalue weighted by molar-refractivity contribution is -0.150. The van der Waals surface area contributed by atoms with Crippen LogP contribution in [0.5, 0.6) is 5.75 Å². The molecule has 0 bridgehead atoms. The third-order valence-corrected chi connectivity index (χ3v) is 7.13. The van der Waals surface area contributed by atoms with Crippen LogP contribution in [0.1, 0.15) is 43.2 Å².